The molecule has 9 heteroatoms. The van der Waals surface area contributed by atoms with E-state index in [0.717, 1.165) is 25.0 Å². The lowest BCUT2D eigenvalue weighted by Crippen LogP contribution is -2.38. The topological polar surface area (TPSA) is 54.0 Å². The second-order valence-corrected chi connectivity index (χ2v) is 11.0. The molecule has 0 saturated carbocycles. The lowest BCUT2D eigenvalue weighted by molar-refractivity contribution is -0.181. The Morgan fingerprint density at radius 3 is 2.56 bits per heavy atom. The molecule has 2 N–H and O–H groups in total. The van der Waals surface area contributed by atoms with E-state index in [2.05, 4.69) is 20.9 Å². The van der Waals surface area contributed by atoms with Crippen LogP contribution in [0.5, 0.6) is 0 Å². The maximum Gasteiger partial charge on any atom is 0.399 e. The van der Waals surface area contributed by atoms with Crippen LogP contribution in [-0.4, -0.2) is 29.2 Å². The van der Waals surface area contributed by atoms with Crippen molar-refractivity contribution >= 4 is 28.1 Å². The van der Waals surface area contributed by atoms with Gasteiger partial charge in [-0.05, 0) is 82.5 Å². The van der Waals surface area contributed by atoms with Crippen LogP contribution in [0, 0.1) is 18.7 Å². The molecule has 1 aromatic heterocycles. The zero-order valence-electron chi connectivity index (χ0n) is 20.1. The van der Waals surface area contributed by atoms with Crippen LogP contribution in [0.15, 0.2) is 24.3 Å². The Bertz CT molecular complexity index is 1110. The van der Waals surface area contributed by atoms with E-state index < -0.39 is 23.5 Å². The molecular weight excluding hydrogens is 466 g/mol. The molecule has 2 aromatic rings. The largest absolute Gasteiger partial charge is 0.399 e. The summed E-state index contributed by atoms with van der Waals surface area (Å²) in [6.07, 6.45) is -1.23. The number of fused-ring (bicyclic) bond motifs is 1. The predicted octanol–water partition coefficient (Wildman–Crippen LogP) is 6.01. The second kappa shape index (κ2) is 9.68. The number of amides is 1. The van der Waals surface area contributed by atoms with Gasteiger partial charge in [-0.25, -0.2) is 4.39 Å². The number of aromatic nitrogens is 1. The summed E-state index contributed by atoms with van der Waals surface area (Å²) >= 11 is 0. The van der Waals surface area contributed by atoms with Crippen molar-refractivity contribution in [3.8, 4) is 0 Å². The van der Waals surface area contributed by atoms with Crippen LogP contribution in [0.2, 0.25) is 0 Å². The minimum absolute atomic E-state index is 0.0205. The Hall–Kier alpha value is -2.42. The van der Waals surface area contributed by atoms with Crippen LogP contribution in [-0.2, 0) is 23.1 Å². The van der Waals surface area contributed by atoms with Gasteiger partial charge in [0.2, 0.25) is 5.91 Å². The van der Waals surface area contributed by atoms with Gasteiger partial charge in [0.15, 0.2) is 0 Å². The van der Waals surface area contributed by atoms with Gasteiger partial charge in [0.25, 0.3) is 0 Å². The number of hydrogen-bond acceptors (Lipinski definition) is 3. The highest BCUT2D eigenvalue weighted by atomic mass is 32.2. The fraction of sp³-hybridized carbons (Fsp3) is 0.480. The molecule has 0 bridgehead atoms. The minimum atomic E-state index is -4.41. The lowest BCUT2D eigenvalue weighted by Gasteiger charge is -2.30. The quantitative estimate of drug-likeness (QED) is 0.380. The normalized spacial score (nSPS) is 18.1. The van der Waals surface area contributed by atoms with Crippen molar-refractivity contribution in [2.75, 3.05) is 11.0 Å². The first kappa shape index (κ1) is 26.2. The number of pyridine rings is 1. The number of alkyl halides is 3. The van der Waals surface area contributed by atoms with Crippen molar-refractivity contribution in [3.05, 3.63) is 58.2 Å². The number of carbonyl (C=O) groups is 1. The van der Waals surface area contributed by atoms with Gasteiger partial charge in [-0.15, -0.1) is 10.7 Å². The minimum Gasteiger partial charge on any atom is -0.349 e. The molecule has 1 aliphatic carbocycles. The van der Waals surface area contributed by atoms with Gasteiger partial charge in [-0.3, -0.25) is 9.78 Å². The first-order valence-corrected chi connectivity index (χ1v) is 12.9. The molecule has 1 heterocycles. The maximum atomic E-state index is 14.7. The predicted molar refractivity (Wildman–Crippen MR) is 131 cm³/mol. The summed E-state index contributed by atoms with van der Waals surface area (Å²) < 4.78 is 58.0. The van der Waals surface area contributed by atoms with Crippen molar-refractivity contribution in [3.63, 3.8) is 0 Å². The maximum absolute atomic E-state index is 14.7. The summed E-state index contributed by atoms with van der Waals surface area (Å²) in [5.74, 6) is 2.91. The molecule has 0 aliphatic heterocycles. The summed E-state index contributed by atoms with van der Waals surface area (Å²) in [4.78, 5) is 17.2. The van der Waals surface area contributed by atoms with E-state index in [9.17, 15) is 22.4 Å². The fourth-order valence-electron chi connectivity index (χ4n) is 4.07. The Morgan fingerprint density at radius 2 is 1.94 bits per heavy atom. The van der Waals surface area contributed by atoms with E-state index in [1.54, 1.807) is 19.1 Å². The molecule has 0 fully saturated rings. The van der Waals surface area contributed by atoms with E-state index in [1.165, 1.54) is 12.1 Å². The van der Waals surface area contributed by atoms with E-state index in [4.69, 9.17) is 0 Å². The highest BCUT2D eigenvalue weighted by Gasteiger charge is 2.49. The van der Waals surface area contributed by atoms with Crippen LogP contribution in [0.1, 0.15) is 61.3 Å². The van der Waals surface area contributed by atoms with E-state index in [1.807, 2.05) is 13.2 Å². The van der Waals surface area contributed by atoms with Crippen molar-refractivity contribution in [1.29, 1.82) is 0 Å². The molecule has 0 radical (unpaired) electrons. The number of aryl methyl sites for hydroxylation is 2. The third-order valence-electron chi connectivity index (χ3n) is 6.44. The van der Waals surface area contributed by atoms with Gasteiger partial charge < -0.3 is 10.0 Å². The monoisotopic (exact) mass is 497 g/mol. The van der Waals surface area contributed by atoms with Gasteiger partial charge in [-0.2, -0.15) is 13.2 Å². The van der Waals surface area contributed by atoms with Gasteiger partial charge in [0, 0.05) is 22.9 Å². The van der Waals surface area contributed by atoms with Gasteiger partial charge in [0.05, 0.1) is 11.7 Å². The molecule has 3 unspecified atom stereocenters. The van der Waals surface area contributed by atoms with Crippen molar-refractivity contribution < 1.29 is 22.4 Å². The molecule has 1 amide bonds. The highest BCUT2D eigenvalue weighted by molar-refractivity contribution is 8.14. The Kier molecular flexibility index (Phi) is 7.45. The average Bonchev–Trinajstić information content (AvgIpc) is 2.73. The molecule has 1 aromatic carbocycles. The summed E-state index contributed by atoms with van der Waals surface area (Å²) in [5.41, 5.74) is 1.24. The third kappa shape index (κ3) is 5.45. The number of anilines is 1. The van der Waals surface area contributed by atoms with Gasteiger partial charge in [0.1, 0.15) is 11.2 Å². The van der Waals surface area contributed by atoms with Crippen molar-refractivity contribution in [1.82, 2.24) is 10.3 Å². The molecule has 1 aliphatic rings. The zero-order valence-corrected chi connectivity index (χ0v) is 20.9. The molecule has 0 saturated heterocycles. The summed E-state index contributed by atoms with van der Waals surface area (Å²) in [6.45, 7) is 5.84. The van der Waals surface area contributed by atoms with Crippen LogP contribution in [0.4, 0.5) is 23.2 Å². The van der Waals surface area contributed by atoms with E-state index in [0.29, 0.717) is 36.2 Å². The number of rotatable bonds is 6. The molecule has 3 atom stereocenters. The molecule has 3 rings (SSSR count). The van der Waals surface area contributed by atoms with Gasteiger partial charge >= 0.3 is 6.18 Å². The first-order chi connectivity index (χ1) is 15.7. The number of carbonyl (C=O) groups excluding carboxylic acids is 1. The van der Waals surface area contributed by atoms with Crippen molar-refractivity contribution in [2.24, 2.45) is 5.92 Å². The molecule has 0 spiro atoms. The number of benzene rings is 1. The van der Waals surface area contributed by atoms with Crippen LogP contribution >= 0.6 is 10.7 Å². The molecule has 34 heavy (non-hydrogen) atoms. The summed E-state index contributed by atoms with van der Waals surface area (Å²) in [6, 6.07) is 5.65. The Labute approximate surface area is 200 Å². The standard InChI is InChI=1S/C25H31F4N3OS/c1-14-11-18(19(26)13-21(14)32-34(5)6)15(2)30-23(33)17-7-9-20-16(12-17)8-10-22(31-20)24(3,4)25(27,28)29/h8,10-11,13,15,17,32H,5,7,9,12H2,1-4,6H3,(H,30,33). The lowest BCUT2D eigenvalue weighted by atomic mass is 9.83. The smallest absolute Gasteiger partial charge is 0.349 e. The second-order valence-electron chi connectivity index (χ2n) is 9.52. The zero-order chi connectivity index (χ0) is 25.4. The van der Waals surface area contributed by atoms with Crippen LogP contribution in [0.3, 0.4) is 0 Å². The SMILES string of the molecule is C=S(C)Nc1cc(F)c(C(C)NC(=O)C2CCc3nc(C(C)(C)C(F)(F)F)ccc3C2)cc1C. The highest BCUT2D eigenvalue weighted by Crippen LogP contribution is 2.40. The average molecular weight is 498 g/mol. The van der Waals surface area contributed by atoms with Gasteiger partial charge in [-0.1, -0.05) is 11.9 Å². The Balaban J connectivity index is 1.71. The first-order valence-electron chi connectivity index (χ1n) is 11.1. The number of halogens is 4. The third-order valence-corrected chi connectivity index (χ3v) is 7.01. The van der Waals surface area contributed by atoms with E-state index >= 15 is 0 Å². The molecule has 4 nitrogen and oxygen atoms in total. The number of hydrogen-bond donors (Lipinski definition) is 2. The fourth-order valence-corrected chi connectivity index (χ4v) is 4.67. The molecule has 186 valence electrons. The van der Waals surface area contributed by atoms with Crippen LogP contribution in [0.25, 0.3) is 0 Å². The Morgan fingerprint density at radius 1 is 1.26 bits per heavy atom. The van der Waals surface area contributed by atoms with Crippen molar-refractivity contribution in [2.45, 2.75) is 64.6 Å². The summed E-state index contributed by atoms with van der Waals surface area (Å²) in [7, 11) is -0.341. The number of nitrogens with one attached hydrogen (secondary N) is 2. The molecular formula is C25H31F4N3OS. The van der Waals surface area contributed by atoms with Crippen LogP contribution < -0.4 is 10.0 Å². The van der Waals surface area contributed by atoms with E-state index in [-0.39, 0.29) is 28.2 Å². The summed E-state index contributed by atoms with van der Waals surface area (Å²) in [5, 5.41) is 2.90. The number of nitrogens with zero attached hydrogens (tertiary/aromatic N) is 1.